The minimum atomic E-state index is -0.212. The Morgan fingerprint density at radius 3 is 2.73 bits per heavy atom. The molecule has 1 N–H and O–H groups in total. The molecular weight excluding hydrogens is 324 g/mol. The van der Waals surface area contributed by atoms with Crippen LogP contribution in [0.3, 0.4) is 0 Å². The van der Waals surface area contributed by atoms with E-state index in [0.29, 0.717) is 5.69 Å². The number of carbonyl (C=O) groups is 1. The number of fused-ring (bicyclic) bond motifs is 1. The summed E-state index contributed by atoms with van der Waals surface area (Å²) in [6.45, 7) is 0. The number of nitrogens with one attached hydrogen (secondary N) is 1. The second kappa shape index (κ2) is 7.03. The van der Waals surface area contributed by atoms with E-state index in [1.807, 2.05) is 66.9 Å². The summed E-state index contributed by atoms with van der Waals surface area (Å²) in [6, 6.07) is 19.4. The van der Waals surface area contributed by atoms with Gasteiger partial charge in [0.25, 0.3) is 0 Å². The van der Waals surface area contributed by atoms with Crippen molar-refractivity contribution in [2.24, 2.45) is 0 Å². The van der Waals surface area contributed by atoms with Gasteiger partial charge >= 0.3 is 0 Å². The molecule has 4 aromatic rings. The summed E-state index contributed by atoms with van der Waals surface area (Å²) in [6.07, 6.45) is 8.54. The van der Waals surface area contributed by atoms with E-state index in [-0.39, 0.29) is 5.91 Å². The van der Waals surface area contributed by atoms with E-state index in [0.717, 1.165) is 22.2 Å². The monoisotopic (exact) mass is 340 g/mol. The van der Waals surface area contributed by atoms with Crippen LogP contribution in [0.2, 0.25) is 0 Å². The van der Waals surface area contributed by atoms with Gasteiger partial charge in [0.2, 0.25) is 5.91 Å². The number of benzene rings is 2. The normalized spacial score (nSPS) is 11.1. The van der Waals surface area contributed by atoms with Crippen molar-refractivity contribution in [1.29, 1.82) is 0 Å². The van der Waals surface area contributed by atoms with Crippen LogP contribution < -0.4 is 5.32 Å². The standard InChI is InChI=1S/C21H16N4O/c26-20(24-19-10-4-6-17-7-5-13-22-21(17)19)12-11-16-14-23-25(15-16)18-8-2-1-3-9-18/h1-15H,(H,24,26)/b12-11+. The largest absolute Gasteiger partial charge is 0.321 e. The van der Waals surface area contributed by atoms with Crippen LogP contribution in [0, 0.1) is 0 Å². The molecule has 0 aliphatic carbocycles. The zero-order chi connectivity index (χ0) is 17.8. The summed E-state index contributed by atoms with van der Waals surface area (Å²) < 4.78 is 1.77. The molecule has 4 rings (SSSR count). The second-order valence-corrected chi connectivity index (χ2v) is 5.76. The van der Waals surface area contributed by atoms with Crippen LogP contribution in [0.1, 0.15) is 5.56 Å². The fourth-order valence-electron chi connectivity index (χ4n) is 2.70. The Kier molecular flexibility index (Phi) is 4.26. The molecule has 0 saturated carbocycles. The molecule has 0 fully saturated rings. The predicted octanol–water partition coefficient (Wildman–Crippen LogP) is 4.07. The third-order valence-corrected chi connectivity index (χ3v) is 3.94. The van der Waals surface area contributed by atoms with Gasteiger partial charge in [-0.1, -0.05) is 36.4 Å². The molecule has 0 aliphatic heterocycles. The fraction of sp³-hybridized carbons (Fsp3) is 0. The van der Waals surface area contributed by atoms with Gasteiger partial charge < -0.3 is 5.32 Å². The van der Waals surface area contributed by atoms with Gasteiger partial charge in [-0.2, -0.15) is 5.10 Å². The SMILES string of the molecule is O=C(/C=C/c1cnn(-c2ccccc2)c1)Nc1cccc2cccnc12. The van der Waals surface area contributed by atoms with Gasteiger partial charge in [0.05, 0.1) is 23.1 Å². The minimum absolute atomic E-state index is 0.212. The van der Waals surface area contributed by atoms with Crippen LogP contribution in [0.15, 0.2) is 85.3 Å². The minimum Gasteiger partial charge on any atom is -0.321 e. The lowest BCUT2D eigenvalue weighted by atomic mass is 10.2. The number of carbonyl (C=O) groups excluding carboxylic acids is 1. The molecule has 1 amide bonds. The van der Waals surface area contributed by atoms with Crippen LogP contribution in [0.5, 0.6) is 0 Å². The second-order valence-electron chi connectivity index (χ2n) is 5.76. The average molecular weight is 340 g/mol. The highest BCUT2D eigenvalue weighted by atomic mass is 16.1. The highest BCUT2D eigenvalue weighted by Crippen LogP contribution is 2.20. The van der Waals surface area contributed by atoms with Crippen molar-refractivity contribution in [2.45, 2.75) is 0 Å². The number of amides is 1. The van der Waals surface area contributed by atoms with E-state index < -0.39 is 0 Å². The molecule has 2 aromatic heterocycles. The van der Waals surface area contributed by atoms with E-state index in [1.54, 1.807) is 23.2 Å². The first kappa shape index (κ1) is 15.8. The zero-order valence-electron chi connectivity index (χ0n) is 13.9. The maximum atomic E-state index is 12.3. The van der Waals surface area contributed by atoms with Crippen molar-refractivity contribution in [3.05, 3.63) is 90.9 Å². The number of aromatic nitrogens is 3. The molecule has 0 spiro atoms. The molecule has 26 heavy (non-hydrogen) atoms. The molecule has 0 bridgehead atoms. The molecule has 126 valence electrons. The summed E-state index contributed by atoms with van der Waals surface area (Å²) in [4.78, 5) is 16.6. The zero-order valence-corrected chi connectivity index (χ0v) is 13.9. The Bertz CT molecular complexity index is 1080. The highest BCUT2D eigenvalue weighted by Gasteiger charge is 2.04. The van der Waals surface area contributed by atoms with Crippen molar-refractivity contribution in [3.8, 4) is 5.69 Å². The van der Waals surface area contributed by atoms with Crippen LogP contribution in [0.4, 0.5) is 5.69 Å². The van der Waals surface area contributed by atoms with Crippen molar-refractivity contribution < 1.29 is 4.79 Å². The van der Waals surface area contributed by atoms with E-state index in [1.165, 1.54) is 6.08 Å². The first-order chi connectivity index (χ1) is 12.8. The molecule has 0 aliphatic rings. The lowest BCUT2D eigenvalue weighted by Crippen LogP contribution is -2.08. The Morgan fingerprint density at radius 1 is 1.00 bits per heavy atom. The smallest absolute Gasteiger partial charge is 0.248 e. The number of para-hydroxylation sites is 2. The van der Waals surface area contributed by atoms with Gasteiger partial charge in [0.15, 0.2) is 0 Å². The molecule has 0 radical (unpaired) electrons. The third kappa shape index (κ3) is 3.37. The molecule has 5 heteroatoms. The van der Waals surface area contributed by atoms with Gasteiger partial charge in [-0.3, -0.25) is 9.78 Å². The first-order valence-corrected chi connectivity index (χ1v) is 8.22. The van der Waals surface area contributed by atoms with Gasteiger partial charge in [0, 0.05) is 29.4 Å². The van der Waals surface area contributed by atoms with E-state index in [4.69, 9.17) is 0 Å². The molecule has 2 aromatic carbocycles. The number of anilines is 1. The van der Waals surface area contributed by atoms with Crippen LogP contribution in [0.25, 0.3) is 22.7 Å². The Hall–Kier alpha value is -3.73. The van der Waals surface area contributed by atoms with Crippen LogP contribution in [-0.2, 0) is 4.79 Å². The summed E-state index contributed by atoms with van der Waals surface area (Å²) in [7, 11) is 0. The van der Waals surface area contributed by atoms with Gasteiger partial charge in [-0.05, 0) is 30.3 Å². The number of pyridine rings is 1. The summed E-state index contributed by atoms with van der Waals surface area (Å²) in [5.74, 6) is -0.212. The number of rotatable bonds is 4. The number of hydrogen-bond donors (Lipinski definition) is 1. The van der Waals surface area contributed by atoms with Crippen LogP contribution in [-0.4, -0.2) is 20.7 Å². The molecule has 5 nitrogen and oxygen atoms in total. The van der Waals surface area contributed by atoms with E-state index in [9.17, 15) is 4.79 Å². The molecule has 0 unspecified atom stereocenters. The lowest BCUT2D eigenvalue weighted by molar-refractivity contribution is -0.111. The maximum Gasteiger partial charge on any atom is 0.248 e. The molecular formula is C21H16N4O. The van der Waals surface area contributed by atoms with Crippen molar-refractivity contribution in [2.75, 3.05) is 5.32 Å². The van der Waals surface area contributed by atoms with Gasteiger partial charge in [-0.25, -0.2) is 4.68 Å². The molecule has 0 saturated heterocycles. The average Bonchev–Trinajstić information content (AvgIpc) is 3.17. The summed E-state index contributed by atoms with van der Waals surface area (Å²) >= 11 is 0. The topological polar surface area (TPSA) is 59.8 Å². The maximum absolute atomic E-state index is 12.3. The van der Waals surface area contributed by atoms with E-state index >= 15 is 0 Å². The predicted molar refractivity (Wildman–Crippen MR) is 103 cm³/mol. The number of hydrogen-bond acceptors (Lipinski definition) is 3. The van der Waals surface area contributed by atoms with Crippen molar-refractivity contribution in [1.82, 2.24) is 14.8 Å². The number of nitrogens with zero attached hydrogens (tertiary/aromatic N) is 3. The first-order valence-electron chi connectivity index (χ1n) is 8.22. The fourth-order valence-corrected chi connectivity index (χ4v) is 2.70. The molecule has 2 heterocycles. The highest BCUT2D eigenvalue weighted by molar-refractivity contribution is 6.06. The van der Waals surface area contributed by atoms with Gasteiger partial charge in [0.1, 0.15) is 0 Å². The Balaban J connectivity index is 1.49. The third-order valence-electron chi connectivity index (χ3n) is 3.94. The quantitative estimate of drug-likeness (QED) is 0.570. The van der Waals surface area contributed by atoms with E-state index in [2.05, 4.69) is 15.4 Å². The summed E-state index contributed by atoms with van der Waals surface area (Å²) in [5.41, 5.74) is 3.28. The Morgan fingerprint density at radius 2 is 1.85 bits per heavy atom. The molecule has 0 atom stereocenters. The van der Waals surface area contributed by atoms with Crippen LogP contribution >= 0.6 is 0 Å². The van der Waals surface area contributed by atoms with Crippen molar-refractivity contribution >= 4 is 28.6 Å². The Labute approximate surface area is 150 Å². The van der Waals surface area contributed by atoms with Gasteiger partial charge in [-0.15, -0.1) is 0 Å². The van der Waals surface area contributed by atoms with Crippen molar-refractivity contribution in [3.63, 3.8) is 0 Å². The summed E-state index contributed by atoms with van der Waals surface area (Å²) in [5, 5.41) is 8.18. The lowest BCUT2D eigenvalue weighted by Gasteiger charge is -2.05.